The summed E-state index contributed by atoms with van der Waals surface area (Å²) in [4.78, 5) is 30.4. The van der Waals surface area contributed by atoms with Gasteiger partial charge in [0.1, 0.15) is 5.82 Å². The van der Waals surface area contributed by atoms with Crippen molar-refractivity contribution < 1.29 is 9.23 Å². The molecule has 32 heavy (non-hydrogen) atoms. The van der Waals surface area contributed by atoms with Crippen molar-refractivity contribution in [3.63, 3.8) is 0 Å². The summed E-state index contributed by atoms with van der Waals surface area (Å²) in [7, 11) is 0. The largest absolute Gasteiger partial charge is 0.377 e. The van der Waals surface area contributed by atoms with E-state index in [1.54, 1.807) is 24.3 Å². The monoisotopic (exact) mass is 452 g/mol. The highest BCUT2D eigenvalue weighted by Crippen LogP contribution is 2.30. The van der Waals surface area contributed by atoms with Crippen LogP contribution in [0.5, 0.6) is 5.75 Å². The molecule has 0 aliphatic heterocycles. The second-order valence-electron chi connectivity index (χ2n) is 7.25. The van der Waals surface area contributed by atoms with E-state index in [2.05, 4.69) is 10.8 Å². The fourth-order valence-electron chi connectivity index (χ4n) is 3.46. The number of rotatable bonds is 8. The van der Waals surface area contributed by atoms with Gasteiger partial charge < -0.3 is 4.84 Å². The Hall–Kier alpha value is -3.48. The first-order valence-electron chi connectivity index (χ1n) is 9.92. The lowest BCUT2D eigenvalue weighted by atomic mass is 9.92. The molecule has 0 saturated carbocycles. The minimum Gasteiger partial charge on any atom is -0.377 e. The van der Waals surface area contributed by atoms with Crippen LogP contribution in [-0.4, -0.2) is 0 Å². The minimum atomic E-state index is -0.695. The standard InChI is InChI=1S/C25H21FN2O3.ClH/c1-16(17-8-4-2-5-9-17)27-22(18-12-14-19(26)15-13-18)21-23(29)24(30)25(21)31-28-20-10-6-3-7-11-20;/h2-16,22,27-28H,1H3;1H/t16-,22?;/m1./s1. The molecule has 0 aliphatic rings. The van der Waals surface area contributed by atoms with Gasteiger partial charge in [0, 0.05) is 6.04 Å². The van der Waals surface area contributed by atoms with Crippen LogP contribution >= 0.6 is 12.4 Å². The Balaban J connectivity index is 0.00000289. The highest BCUT2D eigenvalue weighted by Gasteiger charge is 2.32. The highest BCUT2D eigenvalue weighted by molar-refractivity contribution is 5.85. The molecular weight excluding hydrogens is 431 g/mol. The maximum Gasteiger partial charge on any atom is 0.271 e. The van der Waals surface area contributed by atoms with Crippen LogP contribution in [0.1, 0.15) is 35.7 Å². The van der Waals surface area contributed by atoms with Gasteiger partial charge in [-0.3, -0.25) is 14.9 Å². The van der Waals surface area contributed by atoms with Crippen LogP contribution in [-0.2, 0) is 0 Å². The average molecular weight is 453 g/mol. The predicted octanol–water partition coefficient (Wildman–Crippen LogP) is 4.69. The van der Waals surface area contributed by atoms with E-state index in [-0.39, 0.29) is 35.6 Å². The van der Waals surface area contributed by atoms with E-state index in [0.29, 0.717) is 11.3 Å². The molecule has 0 aliphatic carbocycles. The molecule has 0 aromatic heterocycles. The zero-order chi connectivity index (χ0) is 21.8. The third-order valence-corrected chi connectivity index (χ3v) is 5.15. The highest BCUT2D eigenvalue weighted by atomic mass is 35.5. The smallest absolute Gasteiger partial charge is 0.271 e. The summed E-state index contributed by atoms with van der Waals surface area (Å²) in [5.41, 5.74) is 3.92. The van der Waals surface area contributed by atoms with E-state index in [4.69, 9.17) is 4.84 Å². The number of anilines is 1. The van der Waals surface area contributed by atoms with Crippen molar-refractivity contribution in [3.8, 4) is 5.75 Å². The molecule has 0 radical (unpaired) electrons. The number of benzene rings is 3. The molecule has 0 saturated heterocycles. The lowest BCUT2D eigenvalue weighted by Crippen LogP contribution is -2.43. The van der Waals surface area contributed by atoms with Gasteiger partial charge in [-0.1, -0.05) is 60.7 Å². The Morgan fingerprint density at radius 2 is 1.38 bits per heavy atom. The van der Waals surface area contributed by atoms with Gasteiger partial charge in [-0.25, -0.2) is 9.87 Å². The summed E-state index contributed by atoms with van der Waals surface area (Å²) >= 11 is 0. The lowest BCUT2D eigenvalue weighted by molar-refractivity contribution is 0.379. The Kier molecular flexibility index (Phi) is 7.41. The van der Waals surface area contributed by atoms with Crippen molar-refractivity contribution in [1.29, 1.82) is 0 Å². The molecule has 1 unspecified atom stereocenters. The number of para-hydroxylation sites is 1. The molecule has 4 aromatic rings. The van der Waals surface area contributed by atoms with Gasteiger partial charge in [-0.15, -0.1) is 12.4 Å². The Bertz CT molecular complexity index is 1220. The molecule has 0 heterocycles. The van der Waals surface area contributed by atoms with Gasteiger partial charge in [0.05, 0.1) is 17.3 Å². The van der Waals surface area contributed by atoms with Gasteiger partial charge >= 0.3 is 0 Å². The zero-order valence-electron chi connectivity index (χ0n) is 17.2. The van der Waals surface area contributed by atoms with Crippen molar-refractivity contribution >= 4 is 18.1 Å². The zero-order valence-corrected chi connectivity index (χ0v) is 18.1. The fourth-order valence-corrected chi connectivity index (χ4v) is 3.46. The van der Waals surface area contributed by atoms with Gasteiger partial charge in [-0.05, 0) is 42.3 Å². The first-order chi connectivity index (χ1) is 15.0. The van der Waals surface area contributed by atoms with Gasteiger partial charge in [0.25, 0.3) is 5.43 Å². The maximum atomic E-state index is 13.5. The fraction of sp³-hybridized carbons (Fsp3) is 0.120. The summed E-state index contributed by atoms with van der Waals surface area (Å²) in [5.74, 6) is -0.429. The Morgan fingerprint density at radius 3 is 2.00 bits per heavy atom. The van der Waals surface area contributed by atoms with Crippen molar-refractivity contribution in [3.05, 3.63) is 128 Å². The summed E-state index contributed by atoms with van der Waals surface area (Å²) in [6.45, 7) is 1.96. The van der Waals surface area contributed by atoms with Crippen LogP contribution in [0.2, 0.25) is 0 Å². The quantitative estimate of drug-likeness (QED) is 0.300. The molecule has 2 atom stereocenters. The van der Waals surface area contributed by atoms with Crippen LogP contribution < -0.4 is 26.5 Å². The van der Waals surface area contributed by atoms with Crippen LogP contribution in [0.15, 0.2) is 94.5 Å². The second kappa shape index (κ2) is 10.2. The first kappa shape index (κ1) is 23.2. The van der Waals surface area contributed by atoms with E-state index >= 15 is 0 Å². The average Bonchev–Trinajstić information content (AvgIpc) is 2.82. The summed E-state index contributed by atoms with van der Waals surface area (Å²) < 4.78 is 13.5. The molecule has 4 aromatic carbocycles. The number of nitrogens with one attached hydrogen (secondary N) is 2. The lowest BCUT2D eigenvalue weighted by Gasteiger charge is -2.26. The predicted molar refractivity (Wildman–Crippen MR) is 126 cm³/mol. The topological polar surface area (TPSA) is 67.4 Å². The molecular formula is C25H22ClFN2O3. The summed E-state index contributed by atoms with van der Waals surface area (Å²) in [5, 5.41) is 3.39. The van der Waals surface area contributed by atoms with Gasteiger partial charge in [0.2, 0.25) is 11.2 Å². The third kappa shape index (κ3) is 4.88. The molecule has 164 valence electrons. The van der Waals surface area contributed by atoms with Crippen molar-refractivity contribution in [2.75, 3.05) is 5.48 Å². The van der Waals surface area contributed by atoms with Crippen molar-refractivity contribution in [1.82, 2.24) is 5.32 Å². The van der Waals surface area contributed by atoms with Crippen molar-refractivity contribution in [2.45, 2.75) is 19.0 Å². The Labute approximate surface area is 190 Å². The summed E-state index contributed by atoms with van der Waals surface area (Å²) in [6, 6.07) is 23.8. The third-order valence-electron chi connectivity index (χ3n) is 5.15. The second-order valence-corrected chi connectivity index (χ2v) is 7.25. The number of hydrogen-bond acceptors (Lipinski definition) is 5. The van der Waals surface area contributed by atoms with E-state index in [1.165, 1.54) is 12.1 Å². The van der Waals surface area contributed by atoms with E-state index < -0.39 is 16.9 Å². The molecule has 7 heteroatoms. The minimum absolute atomic E-state index is 0. The van der Waals surface area contributed by atoms with Crippen molar-refractivity contribution in [2.24, 2.45) is 0 Å². The van der Waals surface area contributed by atoms with Crippen LogP contribution in [0, 0.1) is 5.82 Å². The van der Waals surface area contributed by atoms with E-state index in [0.717, 1.165) is 5.56 Å². The number of halogens is 2. The molecule has 5 nitrogen and oxygen atoms in total. The van der Waals surface area contributed by atoms with Crippen LogP contribution in [0.3, 0.4) is 0 Å². The normalized spacial score (nSPS) is 12.6. The molecule has 0 amide bonds. The molecule has 4 rings (SSSR count). The summed E-state index contributed by atoms with van der Waals surface area (Å²) in [6.07, 6.45) is 0. The van der Waals surface area contributed by atoms with E-state index in [9.17, 15) is 14.0 Å². The van der Waals surface area contributed by atoms with E-state index in [1.807, 2.05) is 55.5 Å². The maximum absolute atomic E-state index is 13.5. The number of hydrogen-bond donors (Lipinski definition) is 2. The van der Waals surface area contributed by atoms with Crippen LogP contribution in [0.25, 0.3) is 0 Å². The van der Waals surface area contributed by atoms with Gasteiger partial charge in [0.15, 0.2) is 0 Å². The van der Waals surface area contributed by atoms with Gasteiger partial charge in [-0.2, -0.15) is 0 Å². The SMILES string of the molecule is C[C@@H](NC(c1ccc(F)cc1)c1c(ONc2ccccc2)c(=O)c1=O)c1ccccc1.Cl. The molecule has 0 fully saturated rings. The van der Waals surface area contributed by atoms with Crippen LogP contribution in [0.4, 0.5) is 10.1 Å². The molecule has 0 spiro atoms. The molecule has 2 N–H and O–H groups in total. The first-order valence-corrected chi connectivity index (χ1v) is 9.92. The molecule has 0 bridgehead atoms. The Morgan fingerprint density at radius 1 is 0.781 bits per heavy atom.